The summed E-state index contributed by atoms with van der Waals surface area (Å²) in [7, 11) is 0. The minimum Gasteiger partial charge on any atom is -0.481 e. The average molecular weight is 307 g/mol. The van der Waals surface area contributed by atoms with E-state index in [4.69, 9.17) is 5.11 Å². The minimum atomic E-state index is -0.784. The van der Waals surface area contributed by atoms with E-state index in [2.05, 4.69) is 6.92 Å². The largest absolute Gasteiger partial charge is 0.481 e. The van der Waals surface area contributed by atoms with Gasteiger partial charge in [-0.15, -0.1) is 11.3 Å². The molecule has 1 saturated heterocycles. The number of thiophene rings is 1. The number of fused-ring (bicyclic) bond motifs is 1. The second-order valence-corrected chi connectivity index (χ2v) is 7.29. The summed E-state index contributed by atoms with van der Waals surface area (Å²) >= 11 is 1.69. The predicted octanol–water partition coefficient (Wildman–Crippen LogP) is 2.81. The summed E-state index contributed by atoms with van der Waals surface area (Å²) < 4.78 is 0. The molecule has 1 aromatic rings. The van der Waals surface area contributed by atoms with Crippen molar-refractivity contribution in [3.8, 4) is 0 Å². The van der Waals surface area contributed by atoms with Crippen molar-refractivity contribution < 1.29 is 14.7 Å². The van der Waals surface area contributed by atoms with Gasteiger partial charge in [-0.2, -0.15) is 0 Å². The number of hydrogen-bond acceptors (Lipinski definition) is 3. The molecule has 0 saturated carbocycles. The molecule has 1 amide bonds. The molecule has 2 aliphatic rings. The van der Waals surface area contributed by atoms with Gasteiger partial charge in [0.1, 0.15) is 0 Å². The highest BCUT2D eigenvalue weighted by Crippen LogP contribution is 2.34. The fourth-order valence-corrected chi connectivity index (χ4v) is 4.63. The predicted molar refractivity (Wildman–Crippen MR) is 81.8 cm³/mol. The number of likely N-dealkylation sites (tertiary alicyclic amines) is 1. The van der Waals surface area contributed by atoms with Gasteiger partial charge in [0.15, 0.2) is 0 Å². The van der Waals surface area contributed by atoms with Crippen LogP contribution in [0, 0.1) is 11.8 Å². The molecule has 3 rings (SSSR count). The topological polar surface area (TPSA) is 57.6 Å². The first kappa shape index (κ1) is 14.6. The van der Waals surface area contributed by atoms with Gasteiger partial charge < -0.3 is 10.0 Å². The Hall–Kier alpha value is -1.36. The first-order valence-corrected chi connectivity index (χ1v) is 8.55. The molecule has 4 nitrogen and oxygen atoms in total. The van der Waals surface area contributed by atoms with E-state index in [-0.39, 0.29) is 5.91 Å². The lowest BCUT2D eigenvalue weighted by atomic mass is 9.88. The summed E-state index contributed by atoms with van der Waals surface area (Å²) in [6.45, 7) is 3.30. The SMILES string of the molecule is CC1CCc2c(C(=O)N3CCC[C@@H](C(=O)O)C3)csc2C1. The number of amides is 1. The molecule has 2 atom stereocenters. The minimum absolute atomic E-state index is 0.0352. The second kappa shape index (κ2) is 5.79. The standard InChI is InChI=1S/C16H21NO3S/c1-10-4-5-12-13(9-21-14(12)7-10)15(18)17-6-2-3-11(8-17)16(19)20/h9-11H,2-8H2,1H3,(H,19,20)/t10?,11-/m1/s1. The van der Waals surface area contributed by atoms with E-state index in [9.17, 15) is 9.59 Å². The van der Waals surface area contributed by atoms with Gasteiger partial charge in [-0.3, -0.25) is 9.59 Å². The van der Waals surface area contributed by atoms with E-state index in [0.717, 1.165) is 31.2 Å². The van der Waals surface area contributed by atoms with Gasteiger partial charge in [0.25, 0.3) is 5.91 Å². The highest BCUT2D eigenvalue weighted by atomic mass is 32.1. The normalized spacial score (nSPS) is 25.5. The average Bonchev–Trinajstić information content (AvgIpc) is 2.89. The molecule has 1 aliphatic heterocycles. The molecule has 0 aromatic carbocycles. The van der Waals surface area contributed by atoms with Gasteiger partial charge in [0.2, 0.25) is 0 Å². The summed E-state index contributed by atoms with van der Waals surface area (Å²) in [5, 5.41) is 11.1. The number of carboxylic acids is 1. The summed E-state index contributed by atoms with van der Waals surface area (Å²) in [5.74, 6) is -0.454. The van der Waals surface area contributed by atoms with Crippen molar-refractivity contribution in [1.29, 1.82) is 0 Å². The number of carboxylic acid groups (broad SMARTS) is 1. The van der Waals surface area contributed by atoms with Crippen molar-refractivity contribution in [2.24, 2.45) is 11.8 Å². The van der Waals surface area contributed by atoms with Gasteiger partial charge in [0, 0.05) is 23.3 Å². The van der Waals surface area contributed by atoms with Crippen LogP contribution in [0.5, 0.6) is 0 Å². The Morgan fingerprint density at radius 2 is 2.19 bits per heavy atom. The number of piperidine rings is 1. The van der Waals surface area contributed by atoms with Gasteiger partial charge in [-0.1, -0.05) is 6.92 Å². The van der Waals surface area contributed by atoms with Gasteiger partial charge >= 0.3 is 5.97 Å². The highest BCUT2D eigenvalue weighted by molar-refractivity contribution is 7.10. The Morgan fingerprint density at radius 3 is 2.95 bits per heavy atom. The smallest absolute Gasteiger partial charge is 0.308 e. The van der Waals surface area contributed by atoms with Gasteiger partial charge in [0.05, 0.1) is 11.5 Å². The van der Waals surface area contributed by atoms with Gasteiger partial charge in [-0.25, -0.2) is 0 Å². The zero-order valence-corrected chi connectivity index (χ0v) is 13.1. The molecule has 2 heterocycles. The number of carbonyl (C=O) groups is 2. The molecule has 1 N–H and O–H groups in total. The second-order valence-electron chi connectivity index (χ2n) is 6.33. The van der Waals surface area contributed by atoms with E-state index in [1.165, 1.54) is 10.4 Å². The Kier molecular flexibility index (Phi) is 4.02. The van der Waals surface area contributed by atoms with E-state index in [1.54, 1.807) is 16.2 Å². The Bertz CT molecular complexity index is 566. The van der Waals surface area contributed by atoms with Crippen LogP contribution >= 0.6 is 11.3 Å². The van der Waals surface area contributed by atoms with Crippen LogP contribution in [-0.4, -0.2) is 35.0 Å². The summed E-state index contributed by atoms with van der Waals surface area (Å²) in [5.41, 5.74) is 2.05. The molecule has 1 unspecified atom stereocenters. The van der Waals surface area contributed by atoms with Crippen LogP contribution in [0.15, 0.2) is 5.38 Å². The van der Waals surface area contributed by atoms with Crippen molar-refractivity contribution in [2.75, 3.05) is 13.1 Å². The third-order valence-electron chi connectivity index (χ3n) is 4.69. The molecule has 0 radical (unpaired) electrons. The lowest BCUT2D eigenvalue weighted by Crippen LogP contribution is -2.42. The Morgan fingerprint density at radius 1 is 1.38 bits per heavy atom. The maximum absolute atomic E-state index is 12.7. The number of carbonyl (C=O) groups excluding carboxylic acids is 1. The van der Waals surface area contributed by atoms with E-state index < -0.39 is 11.9 Å². The van der Waals surface area contributed by atoms with E-state index in [0.29, 0.717) is 25.4 Å². The molecular weight excluding hydrogens is 286 g/mol. The van der Waals surface area contributed by atoms with Crippen LogP contribution in [0.3, 0.4) is 0 Å². The summed E-state index contributed by atoms with van der Waals surface area (Å²) in [4.78, 5) is 27.0. The molecule has 1 aliphatic carbocycles. The van der Waals surface area contributed by atoms with Crippen molar-refractivity contribution >= 4 is 23.2 Å². The van der Waals surface area contributed by atoms with E-state index in [1.807, 2.05) is 5.38 Å². The lowest BCUT2D eigenvalue weighted by molar-refractivity contribution is -0.143. The molecular formula is C16H21NO3S. The maximum atomic E-state index is 12.7. The number of nitrogens with zero attached hydrogens (tertiary/aromatic N) is 1. The molecule has 1 aromatic heterocycles. The number of hydrogen-bond donors (Lipinski definition) is 1. The molecule has 5 heteroatoms. The number of aliphatic carboxylic acids is 1. The zero-order valence-electron chi connectivity index (χ0n) is 12.3. The van der Waals surface area contributed by atoms with E-state index >= 15 is 0 Å². The first-order chi connectivity index (χ1) is 10.1. The van der Waals surface area contributed by atoms with Crippen molar-refractivity contribution in [1.82, 2.24) is 4.90 Å². The van der Waals surface area contributed by atoms with Gasteiger partial charge in [-0.05, 0) is 43.6 Å². The molecule has 0 bridgehead atoms. The fraction of sp³-hybridized carbons (Fsp3) is 0.625. The molecule has 1 fully saturated rings. The molecule has 21 heavy (non-hydrogen) atoms. The van der Waals surface area contributed by atoms with Crippen molar-refractivity contribution in [3.63, 3.8) is 0 Å². The fourth-order valence-electron chi connectivity index (χ4n) is 3.39. The monoisotopic (exact) mass is 307 g/mol. The lowest BCUT2D eigenvalue weighted by Gasteiger charge is -2.31. The molecule has 0 spiro atoms. The quantitative estimate of drug-likeness (QED) is 0.914. The van der Waals surface area contributed by atoms with Crippen molar-refractivity contribution in [3.05, 3.63) is 21.4 Å². The summed E-state index contributed by atoms with van der Waals surface area (Å²) in [6, 6.07) is 0. The van der Waals surface area contributed by atoms with Crippen LogP contribution in [-0.2, 0) is 17.6 Å². The van der Waals surface area contributed by atoms with Crippen LogP contribution in [0.25, 0.3) is 0 Å². The number of rotatable bonds is 2. The highest BCUT2D eigenvalue weighted by Gasteiger charge is 2.31. The van der Waals surface area contributed by atoms with Crippen LogP contribution in [0.1, 0.15) is 47.0 Å². The zero-order chi connectivity index (χ0) is 15.0. The maximum Gasteiger partial charge on any atom is 0.308 e. The van der Waals surface area contributed by atoms with Crippen LogP contribution in [0.4, 0.5) is 0 Å². The Labute approximate surface area is 128 Å². The molecule has 114 valence electrons. The Balaban J connectivity index is 1.78. The first-order valence-electron chi connectivity index (χ1n) is 7.67. The van der Waals surface area contributed by atoms with Crippen LogP contribution < -0.4 is 0 Å². The third kappa shape index (κ3) is 2.84. The van der Waals surface area contributed by atoms with Crippen molar-refractivity contribution in [2.45, 2.75) is 39.0 Å². The van der Waals surface area contributed by atoms with Crippen LogP contribution in [0.2, 0.25) is 0 Å². The summed E-state index contributed by atoms with van der Waals surface area (Å²) in [6.07, 6.45) is 4.66. The third-order valence-corrected chi connectivity index (χ3v) is 5.74.